The Bertz CT molecular complexity index is 247. The first kappa shape index (κ1) is 8.99. The summed E-state index contributed by atoms with van der Waals surface area (Å²) in [6.45, 7) is 5.02. The van der Waals surface area contributed by atoms with Crippen LogP contribution in [0.25, 0.3) is 0 Å². The molecule has 0 spiro atoms. The number of nitrogen functional groups attached to an aromatic ring is 1. The van der Waals surface area contributed by atoms with E-state index in [1.807, 2.05) is 14.0 Å². The molecule has 0 radical (unpaired) electrons. The number of anilines is 1. The van der Waals surface area contributed by atoms with Gasteiger partial charge in [0.1, 0.15) is 5.69 Å². The van der Waals surface area contributed by atoms with E-state index in [9.17, 15) is 0 Å². The Hall–Kier alpha value is -1.10. The maximum atomic E-state index is 5.54. The van der Waals surface area contributed by atoms with Gasteiger partial charge in [0.25, 0.3) is 0 Å². The highest BCUT2D eigenvalue weighted by Crippen LogP contribution is 2.19. The van der Waals surface area contributed by atoms with Crippen LogP contribution in [0.4, 0.5) is 5.82 Å². The minimum Gasteiger partial charge on any atom is -0.379 e. The number of hydrogen-bond donors (Lipinski definition) is 1. The van der Waals surface area contributed by atoms with Crippen LogP contribution >= 0.6 is 0 Å². The molecule has 0 saturated carbocycles. The molecule has 0 aliphatic carbocycles. The van der Waals surface area contributed by atoms with Crippen molar-refractivity contribution in [3.8, 4) is 0 Å². The van der Waals surface area contributed by atoms with Gasteiger partial charge >= 0.3 is 0 Å². The van der Waals surface area contributed by atoms with Crippen LogP contribution in [0.15, 0.2) is 4.63 Å². The van der Waals surface area contributed by atoms with Crippen LogP contribution in [0.1, 0.15) is 25.6 Å². The third kappa shape index (κ3) is 1.55. The molecular weight excluding hydrogens is 156 g/mol. The van der Waals surface area contributed by atoms with Gasteiger partial charge in [-0.2, -0.15) is 0 Å². The summed E-state index contributed by atoms with van der Waals surface area (Å²) < 4.78 is 4.51. The Morgan fingerprint density at radius 1 is 1.58 bits per heavy atom. The van der Waals surface area contributed by atoms with Crippen LogP contribution in [-0.2, 0) is 0 Å². The van der Waals surface area contributed by atoms with Gasteiger partial charge in [-0.25, -0.2) is 4.63 Å². The number of nitrogens with zero attached hydrogens (tertiary/aromatic N) is 3. The summed E-state index contributed by atoms with van der Waals surface area (Å²) in [5.74, 6) is 0.378. The van der Waals surface area contributed by atoms with Gasteiger partial charge in [0.2, 0.25) is 0 Å². The van der Waals surface area contributed by atoms with Crippen molar-refractivity contribution in [3.63, 3.8) is 0 Å². The summed E-state index contributed by atoms with van der Waals surface area (Å²) in [5, 5.41) is 7.25. The fourth-order valence-electron chi connectivity index (χ4n) is 0.975. The van der Waals surface area contributed by atoms with Gasteiger partial charge in [-0.3, -0.25) is 4.90 Å². The highest BCUT2D eigenvalue weighted by molar-refractivity contribution is 5.33. The summed E-state index contributed by atoms with van der Waals surface area (Å²) >= 11 is 0. The zero-order valence-electron chi connectivity index (χ0n) is 7.61. The fourth-order valence-corrected chi connectivity index (χ4v) is 0.975. The molecule has 0 bridgehead atoms. The molecule has 12 heavy (non-hydrogen) atoms. The van der Waals surface area contributed by atoms with Gasteiger partial charge in [-0.05, 0) is 25.7 Å². The lowest BCUT2D eigenvalue weighted by molar-refractivity contribution is 0.250. The molecular formula is C7H14N4O. The molecule has 0 aliphatic heterocycles. The second kappa shape index (κ2) is 3.53. The molecule has 1 aromatic heterocycles. The molecule has 5 nitrogen and oxygen atoms in total. The third-order valence-corrected chi connectivity index (χ3v) is 2.10. The highest BCUT2D eigenvalue weighted by atomic mass is 16.6. The van der Waals surface area contributed by atoms with Gasteiger partial charge in [-0.15, -0.1) is 0 Å². The predicted molar refractivity (Wildman–Crippen MR) is 45.4 cm³/mol. The van der Waals surface area contributed by atoms with E-state index < -0.39 is 0 Å². The molecule has 2 N–H and O–H groups in total. The zero-order chi connectivity index (χ0) is 9.14. The predicted octanol–water partition coefficient (Wildman–Crippen LogP) is 0.664. The molecule has 1 heterocycles. The average molecular weight is 170 g/mol. The molecule has 0 saturated heterocycles. The number of rotatable bonds is 3. The number of nitrogens with two attached hydrogens (primary N) is 1. The number of hydrogen-bond acceptors (Lipinski definition) is 5. The van der Waals surface area contributed by atoms with Gasteiger partial charge in [-0.1, -0.05) is 12.1 Å². The second-order valence-electron chi connectivity index (χ2n) is 2.78. The Morgan fingerprint density at radius 3 is 2.67 bits per heavy atom. The topological polar surface area (TPSA) is 68.2 Å². The molecule has 1 aromatic rings. The van der Waals surface area contributed by atoms with Crippen molar-refractivity contribution in [2.24, 2.45) is 0 Å². The Labute approximate surface area is 71.5 Å². The molecule has 1 rings (SSSR count). The van der Waals surface area contributed by atoms with Gasteiger partial charge in [0.15, 0.2) is 5.82 Å². The van der Waals surface area contributed by atoms with Gasteiger partial charge in [0, 0.05) is 0 Å². The Kier molecular flexibility index (Phi) is 2.65. The van der Waals surface area contributed by atoms with Crippen molar-refractivity contribution in [1.82, 2.24) is 15.2 Å². The SMILES string of the molecule is CCN(C)C(C)c1nonc1N. The molecule has 68 valence electrons. The zero-order valence-corrected chi connectivity index (χ0v) is 7.61. The standard InChI is InChI=1S/C7H14N4O/c1-4-11(3)5(2)6-7(8)10-12-9-6/h5H,4H2,1-3H3,(H2,8,10). The van der Waals surface area contributed by atoms with Crippen LogP contribution in [0.5, 0.6) is 0 Å². The highest BCUT2D eigenvalue weighted by Gasteiger charge is 2.17. The minimum absolute atomic E-state index is 0.154. The molecule has 0 aromatic carbocycles. The van der Waals surface area contributed by atoms with Gasteiger partial charge in [0.05, 0.1) is 6.04 Å². The average Bonchev–Trinajstić information content (AvgIpc) is 2.48. The summed E-state index contributed by atoms with van der Waals surface area (Å²) in [6.07, 6.45) is 0. The van der Waals surface area contributed by atoms with Crippen LogP contribution in [0.2, 0.25) is 0 Å². The lowest BCUT2D eigenvalue weighted by atomic mass is 10.2. The van der Waals surface area contributed by atoms with Crippen molar-refractivity contribution in [3.05, 3.63) is 5.69 Å². The molecule has 0 amide bonds. The normalized spacial score (nSPS) is 13.7. The van der Waals surface area contributed by atoms with Crippen molar-refractivity contribution in [2.45, 2.75) is 19.9 Å². The summed E-state index contributed by atoms with van der Waals surface area (Å²) in [7, 11) is 2.00. The molecule has 5 heteroatoms. The van der Waals surface area contributed by atoms with Gasteiger partial charge < -0.3 is 5.73 Å². The Balaban J connectivity index is 2.77. The fraction of sp³-hybridized carbons (Fsp3) is 0.714. The summed E-state index contributed by atoms with van der Waals surface area (Å²) in [4.78, 5) is 2.11. The van der Waals surface area contributed by atoms with Crippen LogP contribution < -0.4 is 5.73 Å². The van der Waals surface area contributed by atoms with Crippen LogP contribution in [0, 0.1) is 0 Å². The minimum atomic E-state index is 0.154. The second-order valence-corrected chi connectivity index (χ2v) is 2.78. The first-order valence-corrected chi connectivity index (χ1v) is 3.95. The maximum absolute atomic E-state index is 5.54. The first-order chi connectivity index (χ1) is 5.66. The van der Waals surface area contributed by atoms with E-state index in [4.69, 9.17) is 5.73 Å². The lowest BCUT2D eigenvalue weighted by Gasteiger charge is -2.20. The van der Waals surface area contributed by atoms with Crippen molar-refractivity contribution >= 4 is 5.82 Å². The smallest absolute Gasteiger partial charge is 0.193 e. The van der Waals surface area contributed by atoms with Crippen molar-refractivity contribution < 1.29 is 4.63 Å². The van der Waals surface area contributed by atoms with E-state index in [0.717, 1.165) is 6.54 Å². The third-order valence-electron chi connectivity index (χ3n) is 2.10. The Morgan fingerprint density at radius 2 is 2.25 bits per heavy atom. The molecule has 1 atom stereocenters. The molecule has 0 fully saturated rings. The van der Waals surface area contributed by atoms with E-state index in [-0.39, 0.29) is 6.04 Å². The van der Waals surface area contributed by atoms with E-state index >= 15 is 0 Å². The van der Waals surface area contributed by atoms with E-state index in [0.29, 0.717) is 11.5 Å². The summed E-state index contributed by atoms with van der Waals surface area (Å²) in [5.41, 5.74) is 6.25. The van der Waals surface area contributed by atoms with Crippen molar-refractivity contribution in [1.29, 1.82) is 0 Å². The molecule has 0 aliphatic rings. The van der Waals surface area contributed by atoms with E-state index in [1.165, 1.54) is 0 Å². The van der Waals surface area contributed by atoms with E-state index in [1.54, 1.807) is 0 Å². The monoisotopic (exact) mass is 170 g/mol. The largest absolute Gasteiger partial charge is 0.379 e. The quantitative estimate of drug-likeness (QED) is 0.721. The maximum Gasteiger partial charge on any atom is 0.193 e. The van der Waals surface area contributed by atoms with Crippen LogP contribution in [0.3, 0.4) is 0 Å². The first-order valence-electron chi connectivity index (χ1n) is 3.95. The van der Waals surface area contributed by atoms with E-state index in [2.05, 4.69) is 26.8 Å². The summed E-state index contributed by atoms with van der Waals surface area (Å²) in [6, 6.07) is 0.154. The van der Waals surface area contributed by atoms with Crippen LogP contribution in [-0.4, -0.2) is 28.8 Å². The molecule has 1 unspecified atom stereocenters. The lowest BCUT2D eigenvalue weighted by Crippen LogP contribution is -2.22. The number of aromatic nitrogens is 2. The van der Waals surface area contributed by atoms with Crippen molar-refractivity contribution in [2.75, 3.05) is 19.3 Å².